The van der Waals surface area contributed by atoms with Crippen LogP contribution in [0.1, 0.15) is 46.6 Å². The molecule has 1 aromatic heterocycles. The molecule has 2 unspecified atom stereocenters. The van der Waals surface area contributed by atoms with Crippen LogP contribution in [-0.4, -0.2) is 49.0 Å². The minimum absolute atomic E-state index is 0.170. The van der Waals surface area contributed by atoms with Gasteiger partial charge in [0.05, 0.1) is 18.0 Å². The van der Waals surface area contributed by atoms with Gasteiger partial charge in [-0.15, -0.1) is 10.2 Å². The Bertz CT molecular complexity index is 1090. The number of halogens is 3. The van der Waals surface area contributed by atoms with Crippen molar-refractivity contribution in [2.24, 2.45) is 0 Å². The standard InChI is InChI=1S/C20H21F3N6O2S/c21-20(22,23)19-26-25-15-10-27(6-7-28(15)19)8-11-2-1-3-12-13(11)9-29(18(12)32)14-4-5-16(30)24-17(14)31/h1-3,14,18,32H,4-10H2,(H,24,30,31). The first kappa shape index (κ1) is 21.4. The van der Waals surface area contributed by atoms with Gasteiger partial charge in [0.15, 0.2) is 0 Å². The van der Waals surface area contributed by atoms with Gasteiger partial charge in [-0.25, -0.2) is 0 Å². The van der Waals surface area contributed by atoms with Crippen LogP contribution in [0.25, 0.3) is 0 Å². The number of nitrogens with one attached hydrogen (secondary N) is 1. The highest BCUT2D eigenvalue weighted by Gasteiger charge is 2.41. The molecule has 2 amide bonds. The van der Waals surface area contributed by atoms with Gasteiger partial charge in [0.1, 0.15) is 5.82 Å². The summed E-state index contributed by atoms with van der Waals surface area (Å²) in [5.41, 5.74) is 3.12. The SMILES string of the molecule is O=C1CCC(N2Cc3c(CN4CCn5c(nnc5C(F)(F)F)C4)cccc3C2S)C(=O)N1. The van der Waals surface area contributed by atoms with E-state index in [0.29, 0.717) is 38.3 Å². The van der Waals surface area contributed by atoms with E-state index < -0.39 is 18.0 Å². The molecule has 0 saturated carbocycles. The maximum absolute atomic E-state index is 13.1. The molecule has 3 aliphatic heterocycles. The number of rotatable bonds is 3. The molecule has 8 nitrogen and oxygen atoms in total. The number of fused-ring (bicyclic) bond motifs is 2. The molecule has 1 aromatic carbocycles. The van der Waals surface area contributed by atoms with E-state index in [1.807, 2.05) is 28.0 Å². The van der Waals surface area contributed by atoms with E-state index in [1.54, 1.807) is 0 Å². The quantitative estimate of drug-likeness (QED) is 0.531. The fourth-order valence-corrected chi connectivity index (χ4v) is 5.24. The molecule has 3 aliphatic rings. The molecule has 170 valence electrons. The lowest BCUT2D eigenvalue weighted by molar-refractivity contribution is -0.148. The highest BCUT2D eigenvalue weighted by molar-refractivity contribution is 7.80. The predicted octanol–water partition coefficient (Wildman–Crippen LogP) is 1.86. The van der Waals surface area contributed by atoms with Crippen molar-refractivity contribution in [3.63, 3.8) is 0 Å². The van der Waals surface area contributed by atoms with Gasteiger partial charge in [0, 0.05) is 32.6 Å². The Labute approximate surface area is 187 Å². The van der Waals surface area contributed by atoms with E-state index >= 15 is 0 Å². The molecule has 0 spiro atoms. The molecule has 2 atom stereocenters. The van der Waals surface area contributed by atoms with Crippen LogP contribution < -0.4 is 5.32 Å². The van der Waals surface area contributed by atoms with Crippen LogP contribution in [0, 0.1) is 0 Å². The van der Waals surface area contributed by atoms with Crippen LogP contribution in [0.2, 0.25) is 0 Å². The number of hydrogen-bond donors (Lipinski definition) is 2. The largest absolute Gasteiger partial charge is 0.451 e. The lowest BCUT2D eigenvalue weighted by Gasteiger charge is -2.32. The minimum atomic E-state index is -4.52. The molecule has 0 radical (unpaired) electrons. The smallest absolute Gasteiger partial charge is 0.305 e. The second-order valence-electron chi connectivity index (χ2n) is 8.30. The third kappa shape index (κ3) is 3.69. The summed E-state index contributed by atoms with van der Waals surface area (Å²) in [6.45, 7) is 1.95. The lowest BCUT2D eigenvalue weighted by atomic mass is 10.0. The fraction of sp³-hybridized carbons (Fsp3) is 0.500. The second-order valence-corrected chi connectivity index (χ2v) is 8.79. The topological polar surface area (TPSA) is 83.4 Å². The molecule has 4 heterocycles. The van der Waals surface area contributed by atoms with Crippen molar-refractivity contribution >= 4 is 24.4 Å². The predicted molar refractivity (Wildman–Crippen MR) is 109 cm³/mol. The van der Waals surface area contributed by atoms with Crippen molar-refractivity contribution in [1.29, 1.82) is 0 Å². The maximum Gasteiger partial charge on any atom is 0.451 e. The first-order valence-corrected chi connectivity index (χ1v) is 10.8. The van der Waals surface area contributed by atoms with E-state index in [2.05, 4.69) is 15.5 Å². The Hall–Kier alpha value is -2.44. The number of thiol groups is 1. The van der Waals surface area contributed by atoms with E-state index in [0.717, 1.165) is 21.3 Å². The lowest BCUT2D eigenvalue weighted by Crippen LogP contribution is -2.51. The van der Waals surface area contributed by atoms with Crippen LogP contribution in [-0.2, 0) is 41.9 Å². The number of piperidine rings is 1. The number of aromatic nitrogens is 3. The van der Waals surface area contributed by atoms with Gasteiger partial charge in [-0.2, -0.15) is 25.8 Å². The zero-order valence-electron chi connectivity index (χ0n) is 17.0. The summed E-state index contributed by atoms with van der Waals surface area (Å²) in [5, 5.41) is 9.21. The average molecular weight is 466 g/mol. The summed E-state index contributed by atoms with van der Waals surface area (Å²) in [6.07, 6.45) is -3.77. The normalized spacial score (nSPS) is 24.4. The number of carbonyl (C=O) groups is 2. The van der Waals surface area contributed by atoms with Gasteiger partial charge in [0.2, 0.25) is 17.6 Å². The van der Waals surface area contributed by atoms with Crippen molar-refractivity contribution in [2.45, 2.75) is 56.6 Å². The van der Waals surface area contributed by atoms with Crippen molar-refractivity contribution in [3.8, 4) is 0 Å². The van der Waals surface area contributed by atoms with E-state index in [1.165, 1.54) is 0 Å². The molecular weight excluding hydrogens is 445 g/mol. The first-order chi connectivity index (χ1) is 15.2. The number of hydrogen-bond acceptors (Lipinski definition) is 7. The summed E-state index contributed by atoms with van der Waals surface area (Å²) < 4.78 is 40.4. The number of carbonyl (C=O) groups excluding carboxylic acids is 2. The third-order valence-corrected chi connectivity index (χ3v) is 6.91. The van der Waals surface area contributed by atoms with Gasteiger partial charge >= 0.3 is 6.18 Å². The summed E-state index contributed by atoms with van der Waals surface area (Å²) in [4.78, 5) is 27.9. The average Bonchev–Trinajstić information content (AvgIpc) is 3.30. The van der Waals surface area contributed by atoms with Crippen molar-refractivity contribution in [3.05, 3.63) is 46.5 Å². The first-order valence-electron chi connectivity index (χ1n) is 10.3. The molecule has 0 bridgehead atoms. The van der Waals surface area contributed by atoms with E-state index in [9.17, 15) is 22.8 Å². The molecule has 1 fully saturated rings. The Morgan fingerprint density at radius 3 is 2.72 bits per heavy atom. The zero-order valence-corrected chi connectivity index (χ0v) is 17.9. The summed E-state index contributed by atoms with van der Waals surface area (Å²) in [7, 11) is 0. The van der Waals surface area contributed by atoms with Crippen LogP contribution in [0.3, 0.4) is 0 Å². The Balaban J connectivity index is 1.33. The Morgan fingerprint density at radius 2 is 1.97 bits per heavy atom. The molecular formula is C20H21F3N6O2S. The van der Waals surface area contributed by atoms with Crippen molar-refractivity contribution < 1.29 is 22.8 Å². The van der Waals surface area contributed by atoms with E-state index in [4.69, 9.17) is 12.6 Å². The molecule has 5 rings (SSSR count). The van der Waals surface area contributed by atoms with Crippen LogP contribution in [0.4, 0.5) is 13.2 Å². The van der Waals surface area contributed by atoms with Gasteiger partial charge in [-0.1, -0.05) is 18.2 Å². The zero-order chi connectivity index (χ0) is 22.6. The number of amides is 2. The molecule has 0 aliphatic carbocycles. The second kappa shape index (κ2) is 7.85. The van der Waals surface area contributed by atoms with Crippen LogP contribution in [0.15, 0.2) is 18.2 Å². The van der Waals surface area contributed by atoms with Gasteiger partial charge in [0.25, 0.3) is 0 Å². The summed E-state index contributed by atoms with van der Waals surface area (Å²) >= 11 is 4.74. The monoisotopic (exact) mass is 466 g/mol. The van der Waals surface area contributed by atoms with Crippen LogP contribution in [0.5, 0.6) is 0 Å². The highest BCUT2D eigenvalue weighted by Crippen LogP contribution is 2.41. The summed E-state index contributed by atoms with van der Waals surface area (Å²) in [5.74, 6) is -1.21. The molecule has 1 N–H and O–H groups in total. The number of imide groups is 1. The minimum Gasteiger partial charge on any atom is -0.305 e. The van der Waals surface area contributed by atoms with Gasteiger partial charge in [-0.05, 0) is 23.1 Å². The molecule has 12 heteroatoms. The van der Waals surface area contributed by atoms with E-state index in [-0.39, 0.29) is 30.3 Å². The fourth-order valence-electron chi connectivity index (χ4n) is 4.76. The van der Waals surface area contributed by atoms with Crippen molar-refractivity contribution in [1.82, 2.24) is 29.9 Å². The Morgan fingerprint density at radius 1 is 1.16 bits per heavy atom. The number of benzene rings is 1. The summed E-state index contributed by atoms with van der Waals surface area (Å²) in [6, 6.07) is 5.47. The van der Waals surface area contributed by atoms with Crippen molar-refractivity contribution in [2.75, 3.05) is 6.54 Å². The molecule has 1 saturated heterocycles. The molecule has 2 aromatic rings. The van der Waals surface area contributed by atoms with Gasteiger partial charge < -0.3 is 4.57 Å². The maximum atomic E-state index is 13.1. The third-order valence-electron chi connectivity index (χ3n) is 6.33. The number of nitrogens with zero attached hydrogens (tertiary/aromatic N) is 5. The van der Waals surface area contributed by atoms with Crippen LogP contribution >= 0.6 is 12.6 Å². The molecule has 32 heavy (non-hydrogen) atoms. The number of alkyl halides is 3. The van der Waals surface area contributed by atoms with Gasteiger partial charge in [-0.3, -0.25) is 24.7 Å². The highest BCUT2D eigenvalue weighted by atomic mass is 32.1. The Kier molecular flexibility index (Phi) is 5.25.